The number of pyridine rings is 1. The van der Waals surface area contributed by atoms with Crippen LogP contribution >= 0.6 is 0 Å². The van der Waals surface area contributed by atoms with Gasteiger partial charge in [0.05, 0.1) is 5.92 Å². The number of benzene rings is 2. The monoisotopic (exact) mass is 499 g/mol. The number of amides is 4. The Morgan fingerprint density at radius 3 is 2.56 bits per heavy atom. The van der Waals surface area contributed by atoms with E-state index in [2.05, 4.69) is 10.3 Å². The fourth-order valence-corrected chi connectivity index (χ4v) is 4.46. The summed E-state index contributed by atoms with van der Waals surface area (Å²) < 4.78 is 42.4. The molecule has 2 heterocycles. The maximum absolute atomic E-state index is 14.1. The number of hydrogen-bond donors (Lipinski definition) is 3. The lowest BCUT2D eigenvalue weighted by Crippen LogP contribution is -2.70. The third-order valence-electron chi connectivity index (χ3n) is 6.08. The zero-order chi connectivity index (χ0) is 26.0. The van der Waals surface area contributed by atoms with Crippen LogP contribution in [0.25, 0.3) is 10.8 Å². The normalized spacial score (nSPS) is 18.4. The van der Waals surface area contributed by atoms with E-state index in [-0.39, 0.29) is 24.3 Å². The number of carbonyl (C=O) groups is 3. The van der Waals surface area contributed by atoms with E-state index in [1.54, 1.807) is 37.3 Å². The molecule has 0 aliphatic carbocycles. The molecule has 4 rings (SSSR count). The van der Waals surface area contributed by atoms with Crippen molar-refractivity contribution in [3.8, 4) is 0 Å². The van der Waals surface area contributed by atoms with E-state index in [0.717, 1.165) is 0 Å². The van der Waals surface area contributed by atoms with Gasteiger partial charge in [0.15, 0.2) is 6.04 Å². The quantitative estimate of drug-likeness (QED) is 0.450. The third-order valence-corrected chi connectivity index (χ3v) is 6.08. The number of halogens is 3. The Hall–Kier alpha value is -4.15. The van der Waals surface area contributed by atoms with Gasteiger partial charge in [0, 0.05) is 12.7 Å². The molecule has 0 spiro atoms. The Kier molecular flexibility index (Phi) is 6.82. The molecular weight excluding hydrogens is 475 g/mol. The molecule has 1 saturated heterocycles. The average molecular weight is 499 g/mol. The van der Waals surface area contributed by atoms with E-state index in [4.69, 9.17) is 5.73 Å². The van der Waals surface area contributed by atoms with Gasteiger partial charge in [-0.15, -0.1) is 0 Å². The molecule has 1 aliphatic rings. The number of nitrogens with two attached hydrogens (primary N) is 1. The molecule has 11 heteroatoms. The number of urea groups is 1. The van der Waals surface area contributed by atoms with E-state index in [0.29, 0.717) is 21.2 Å². The summed E-state index contributed by atoms with van der Waals surface area (Å²) in [5.74, 6) is -2.11. The van der Waals surface area contributed by atoms with Crippen LogP contribution in [-0.4, -0.2) is 46.5 Å². The highest BCUT2D eigenvalue weighted by atomic mass is 19.4. The van der Waals surface area contributed by atoms with E-state index < -0.39 is 42.0 Å². The van der Waals surface area contributed by atoms with Crippen LogP contribution in [0.5, 0.6) is 0 Å². The number of hydrogen-bond acceptors (Lipinski definition) is 5. The van der Waals surface area contributed by atoms with E-state index in [1.165, 1.54) is 30.5 Å². The van der Waals surface area contributed by atoms with Crippen LogP contribution in [0.3, 0.4) is 0 Å². The van der Waals surface area contributed by atoms with Crippen molar-refractivity contribution in [1.82, 2.24) is 20.5 Å². The lowest BCUT2D eigenvalue weighted by atomic mass is 9.82. The zero-order valence-corrected chi connectivity index (χ0v) is 19.3. The Balaban J connectivity index is 1.63. The standard InChI is InChI=1S/C25H24F3N5O3/c1-2-30-22(34)20-18(12-14-10-11-31-19(29)13-14)23(35)33(20)24(36)32-21(25(26,27)28)17-9-5-7-15-6-3-4-8-16(15)17/h3-11,13,18,20-21H,2,12H2,1H3,(H2,29,31)(H,30,34)(H,32,36)/t18-,20+,21+/m1/s1. The van der Waals surface area contributed by atoms with Crippen molar-refractivity contribution in [2.75, 3.05) is 12.3 Å². The highest BCUT2D eigenvalue weighted by Crippen LogP contribution is 2.38. The van der Waals surface area contributed by atoms with Crippen molar-refractivity contribution in [2.24, 2.45) is 5.92 Å². The molecule has 3 atom stereocenters. The van der Waals surface area contributed by atoms with Crippen molar-refractivity contribution in [3.05, 3.63) is 71.9 Å². The number of aromatic nitrogens is 1. The van der Waals surface area contributed by atoms with Crippen molar-refractivity contribution < 1.29 is 27.6 Å². The van der Waals surface area contributed by atoms with Crippen LogP contribution in [-0.2, 0) is 16.0 Å². The molecule has 2 aromatic carbocycles. The largest absolute Gasteiger partial charge is 0.412 e. The molecule has 4 amide bonds. The Bertz CT molecular complexity index is 1310. The highest BCUT2D eigenvalue weighted by Gasteiger charge is 2.55. The second-order valence-electron chi connectivity index (χ2n) is 8.44. The lowest BCUT2D eigenvalue weighted by Gasteiger charge is -2.44. The Labute approximate surface area is 204 Å². The number of imide groups is 1. The van der Waals surface area contributed by atoms with Gasteiger partial charge in [0.1, 0.15) is 11.9 Å². The van der Waals surface area contributed by atoms with Gasteiger partial charge in [-0.3, -0.25) is 14.5 Å². The smallest absolute Gasteiger partial charge is 0.384 e. The van der Waals surface area contributed by atoms with Gasteiger partial charge in [-0.2, -0.15) is 13.2 Å². The second-order valence-corrected chi connectivity index (χ2v) is 8.44. The first-order valence-electron chi connectivity index (χ1n) is 11.3. The van der Waals surface area contributed by atoms with Gasteiger partial charge in [0.25, 0.3) is 0 Å². The molecular formula is C25H24F3N5O3. The summed E-state index contributed by atoms with van der Waals surface area (Å²) in [6, 6.07) is 9.07. The topological polar surface area (TPSA) is 117 Å². The maximum atomic E-state index is 14.1. The Morgan fingerprint density at radius 1 is 1.14 bits per heavy atom. The fourth-order valence-electron chi connectivity index (χ4n) is 4.46. The van der Waals surface area contributed by atoms with Crippen LogP contribution in [0.1, 0.15) is 24.1 Å². The molecule has 36 heavy (non-hydrogen) atoms. The molecule has 1 aliphatic heterocycles. The van der Waals surface area contributed by atoms with Crippen LogP contribution in [0.4, 0.5) is 23.8 Å². The minimum Gasteiger partial charge on any atom is -0.384 e. The first-order valence-corrected chi connectivity index (χ1v) is 11.3. The minimum atomic E-state index is -4.86. The van der Waals surface area contributed by atoms with Crippen molar-refractivity contribution >= 4 is 34.4 Å². The van der Waals surface area contributed by atoms with Crippen LogP contribution in [0.2, 0.25) is 0 Å². The number of fused-ring (bicyclic) bond motifs is 1. The third kappa shape index (κ3) is 4.81. The van der Waals surface area contributed by atoms with Gasteiger partial charge in [0.2, 0.25) is 11.8 Å². The van der Waals surface area contributed by atoms with Crippen molar-refractivity contribution in [3.63, 3.8) is 0 Å². The van der Waals surface area contributed by atoms with Crippen LogP contribution in [0.15, 0.2) is 60.8 Å². The molecule has 0 radical (unpaired) electrons. The van der Waals surface area contributed by atoms with E-state index >= 15 is 0 Å². The number of rotatable bonds is 6. The molecule has 188 valence electrons. The number of β-lactam (4-membered cyclic amide) rings is 1. The minimum absolute atomic E-state index is 0.0726. The SMILES string of the molecule is CCNC(=O)[C@@H]1[C@@H](Cc2ccnc(N)c2)C(=O)N1C(=O)N[C@@H](c1cccc2ccccc12)C(F)(F)F. The first kappa shape index (κ1) is 25.0. The number of nitrogens with one attached hydrogen (secondary N) is 2. The number of anilines is 1. The summed E-state index contributed by atoms with van der Waals surface area (Å²) in [6.07, 6.45) is -3.34. The number of carbonyl (C=O) groups excluding carboxylic acids is 3. The fraction of sp³-hybridized carbons (Fsp3) is 0.280. The first-order chi connectivity index (χ1) is 17.1. The van der Waals surface area contributed by atoms with Crippen molar-refractivity contribution in [1.29, 1.82) is 0 Å². The van der Waals surface area contributed by atoms with E-state index in [1.807, 2.05) is 5.32 Å². The number of nitrogen functional groups attached to an aromatic ring is 1. The van der Waals surface area contributed by atoms with Crippen LogP contribution < -0.4 is 16.4 Å². The number of nitrogens with zero attached hydrogens (tertiary/aromatic N) is 2. The molecule has 1 aromatic heterocycles. The van der Waals surface area contributed by atoms with Gasteiger partial charge >= 0.3 is 12.2 Å². The number of likely N-dealkylation sites (N-methyl/N-ethyl adjacent to an activating group) is 1. The highest BCUT2D eigenvalue weighted by molar-refractivity contribution is 6.09. The summed E-state index contributed by atoms with van der Waals surface area (Å²) in [6.45, 7) is 1.87. The van der Waals surface area contributed by atoms with Crippen molar-refractivity contribution in [2.45, 2.75) is 31.6 Å². The molecule has 4 N–H and O–H groups in total. The summed E-state index contributed by atoms with van der Waals surface area (Å²) in [4.78, 5) is 43.2. The van der Waals surface area contributed by atoms with Gasteiger partial charge in [-0.1, -0.05) is 42.5 Å². The molecule has 8 nitrogen and oxygen atoms in total. The van der Waals surface area contributed by atoms with Gasteiger partial charge in [-0.25, -0.2) is 9.78 Å². The molecule has 3 aromatic rings. The van der Waals surface area contributed by atoms with Crippen LogP contribution in [0, 0.1) is 5.92 Å². The number of likely N-dealkylation sites (tertiary alicyclic amines) is 1. The molecule has 0 saturated carbocycles. The van der Waals surface area contributed by atoms with Gasteiger partial charge < -0.3 is 16.4 Å². The summed E-state index contributed by atoms with van der Waals surface area (Å²) in [5.41, 5.74) is 6.12. The maximum Gasteiger partial charge on any atom is 0.412 e. The predicted octanol–water partition coefficient (Wildman–Crippen LogP) is 3.34. The molecule has 0 bridgehead atoms. The summed E-state index contributed by atoms with van der Waals surface area (Å²) in [7, 11) is 0. The second kappa shape index (κ2) is 9.84. The number of alkyl halides is 3. The summed E-state index contributed by atoms with van der Waals surface area (Å²) in [5, 5.41) is 5.37. The molecule has 0 unspecified atom stereocenters. The zero-order valence-electron chi connectivity index (χ0n) is 19.3. The lowest BCUT2D eigenvalue weighted by molar-refractivity contribution is -0.162. The Morgan fingerprint density at radius 2 is 1.86 bits per heavy atom. The average Bonchev–Trinajstić information content (AvgIpc) is 2.83. The van der Waals surface area contributed by atoms with E-state index in [9.17, 15) is 27.6 Å². The molecule has 1 fully saturated rings. The van der Waals surface area contributed by atoms with Gasteiger partial charge in [-0.05, 0) is 47.4 Å². The summed E-state index contributed by atoms with van der Waals surface area (Å²) >= 11 is 0. The predicted molar refractivity (Wildman–Crippen MR) is 126 cm³/mol.